The SMILES string of the molecule is C1=C2CC(c3ccccc3)C2C2CC1c1ccccc12. The van der Waals surface area contributed by atoms with Gasteiger partial charge in [-0.25, -0.2) is 0 Å². The Kier molecular flexibility index (Phi) is 2.10. The molecule has 3 aliphatic rings. The lowest BCUT2D eigenvalue weighted by Crippen LogP contribution is -2.33. The van der Waals surface area contributed by atoms with Crippen LogP contribution in [0.2, 0.25) is 0 Å². The third kappa shape index (κ3) is 1.32. The standard InChI is InChI=1S/C20H18/c1-2-6-13(7-3-1)18-12-15-10-14-11-19(20(15)18)17-9-5-4-8-16(14)17/h1-10,14,18-20H,11-12H2. The van der Waals surface area contributed by atoms with Crippen molar-refractivity contribution in [3.05, 3.63) is 82.9 Å². The molecule has 1 fully saturated rings. The van der Waals surface area contributed by atoms with Crippen molar-refractivity contribution < 1.29 is 0 Å². The average molecular weight is 258 g/mol. The highest BCUT2D eigenvalue weighted by atomic mass is 14.5. The van der Waals surface area contributed by atoms with E-state index in [9.17, 15) is 0 Å². The molecule has 4 atom stereocenters. The van der Waals surface area contributed by atoms with E-state index in [4.69, 9.17) is 0 Å². The molecule has 2 bridgehead atoms. The van der Waals surface area contributed by atoms with E-state index in [0.717, 1.165) is 17.8 Å². The summed E-state index contributed by atoms with van der Waals surface area (Å²) in [7, 11) is 0. The van der Waals surface area contributed by atoms with Crippen LogP contribution in [0.25, 0.3) is 0 Å². The van der Waals surface area contributed by atoms with Crippen LogP contribution in [-0.4, -0.2) is 0 Å². The van der Waals surface area contributed by atoms with Crippen LogP contribution in [-0.2, 0) is 0 Å². The van der Waals surface area contributed by atoms with E-state index in [1.54, 1.807) is 16.7 Å². The molecule has 0 nitrogen and oxygen atoms in total. The zero-order valence-corrected chi connectivity index (χ0v) is 11.5. The molecule has 98 valence electrons. The summed E-state index contributed by atoms with van der Waals surface area (Å²) in [5.74, 6) is 3.01. The van der Waals surface area contributed by atoms with Crippen molar-refractivity contribution in [3.8, 4) is 0 Å². The normalized spacial score (nSPS) is 32.9. The van der Waals surface area contributed by atoms with E-state index >= 15 is 0 Å². The molecule has 0 radical (unpaired) electrons. The third-order valence-corrected chi connectivity index (χ3v) is 5.70. The molecule has 3 aliphatic carbocycles. The van der Waals surface area contributed by atoms with Crippen LogP contribution < -0.4 is 0 Å². The van der Waals surface area contributed by atoms with Gasteiger partial charge in [-0.1, -0.05) is 66.2 Å². The summed E-state index contributed by atoms with van der Waals surface area (Å²) in [6.45, 7) is 0. The summed E-state index contributed by atoms with van der Waals surface area (Å²) in [6, 6.07) is 20.3. The van der Waals surface area contributed by atoms with Crippen LogP contribution in [0.1, 0.15) is 47.3 Å². The van der Waals surface area contributed by atoms with Crippen LogP contribution in [0.15, 0.2) is 66.2 Å². The van der Waals surface area contributed by atoms with E-state index in [0.29, 0.717) is 5.92 Å². The predicted molar refractivity (Wildman–Crippen MR) is 81.9 cm³/mol. The number of allylic oxidation sites excluding steroid dienone is 2. The number of rotatable bonds is 1. The second-order valence-electron chi connectivity index (χ2n) is 6.57. The molecular formula is C20H18. The molecule has 1 saturated carbocycles. The Morgan fingerprint density at radius 2 is 1.50 bits per heavy atom. The predicted octanol–water partition coefficient (Wildman–Crippen LogP) is 5.00. The minimum absolute atomic E-state index is 0.708. The third-order valence-electron chi connectivity index (χ3n) is 5.70. The van der Waals surface area contributed by atoms with Crippen molar-refractivity contribution in [1.82, 2.24) is 0 Å². The molecule has 0 spiro atoms. The molecule has 0 aliphatic heterocycles. The highest BCUT2D eigenvalue weighted by molar-refractivity contribution is 5.50. The molecule has 4 unspecified atom stereocenters. The van der Waals surface area contributed by atoms with Crippen molar-refractivity contribution in [2.24, 2.45) is 5.92 Å². The topological polar surface area (TPSA) is 0 Å². The molecule has 20 heavy (non-hydrogen) atoms. The molecule has 0 heteroatoms. The fourth-order valence-corrected chi connectivity index (χ4v) is 4.83. The van der Waals surface area contributed by atoms with Crippen molar-refractivity contribution in [2.45, 2.75) is 30.6 Å². The Morgan fingerprint density at radius 1 is 0.750 bits per heavy atom. The Balaban J connectivity index is 1.58. The first-order valence-corrected chi connectivity index (χ1v) is 7.76. The zero-order chi connectivity index (χ0) is 13.1. The van der Waals surface area contributed by atoms with Crippen LogP contribution in [0.4, 0.5) is 0 Å². The van der Waals surface area contributed by atoms with Crippen LogP contribution >= 0.6 is 0 Å². The lowest BCUT2D eigenvalue weighted by molar-refractivity contribution is 0.286. The molecule has 0 amide bonds. The molecule has 2 aromatic rings. The first-order chi connectivity index (χ1) is 9.92. The minimum atomic E-state index is 0.708. The number of benzene rings is 2. The van der Waals surface area contributed by atoms with E-state index < -0.39 is 0 Å². The summed E-state index contributed by atoms with van der Waals surface area (Å²) in [6.07, 6.45) is 5.22. The van der Waals surface area contributed by atoms with Gasteiger partial charge in [0.15, 0.2) is 0 Å². The lowest BCUT2D eigenvalue weighted by atomic mass is 9.57. The van der Waals surface area contributed by atoms with Gasteiger partial charge >= 0.3 is 0 Å². The zero-order valence-electron chi connectivity index (χ0n) is 11.5. The summed E-state index contributed by atoms with van der Waals surface area (Å²) in [4.78, 5) is 0. The average Bonchev–Trinajstić information content (AvgIpc) is 2.78. The molecule has 0 saturated heterocycles. The van der Waals surface area contributed by atoms with Crippen LogP contribution in [0.3, 0.4) is 0 Å². The van der Waals surface area contributed by atoms with Crippen molar-refractivity contribution >= 4 is 0 Å². The first-order valence-electron chi connectivity index (χ1n) is 7.76. The van der Waals surface area contributed by atoms with E-state index in [-0.39, 0.29) is 0 Å². The van der Waals surface area contributed by atoms with E-state index in [1.165, 1.54) is 18.4 Å². The summed E-state index contributed by atoms with van der Waals surface area (Å²) >= 11 is 0. The lowest BCUT2D eigenvalue weighted by Gasteiger charge is -2.46. The van der Waals surface area contributed by atoms with E-state index in [1.807, 2.05) is 0 Å². The Hall–Kier alpha value is -1.82. The van der Waals surface area contributed by atoms with Crippen molar-refractivity contribution in [2.75, 3.05) is 0 Å². The molecular weight excluding hydrogens is 240 g/mol. The van der Waals surface area contributed by atoms with Gasteiger partial charge < -0.3 is 0 Å². The molecule has 5 rings (SSSR count). The Morgan fingerprint density at radius 3 is 2.35 bits per heavy atom. The van der Waals surface area contributed by atoms with Crippen molar-refractivity contribution in [1.29, 1.82) is 0 Å². The summed E-state index contributed by atoms with van der Waals surface area (Å²) < 4.78 is 0. The van der Waals surface area contributed by atoms with Gasteiger partial charge in [0.05, 0.1) is 0 Å². The van der Waals surface area contributed by atoms with Gasteiger partial charge in [0.25, 0.3) is 0 Å². The van der Waals surface area contributed by atoms with Gasteiger partial charge in [-0.15, -0.1) is 0 Å². The minimum Gasteiger partial charge on any atom is -0.0774 e. The molecule has 0 aromatic heterocycles. The van der Waals surface area contributed by atoms with Gasteiger partial charge in [-0.3, -0.25) is 0 Å². The van der Waals surface area contributed by atoms with E-state index in [2.05, 4.69) is 60.7 Å². The number of hydrogen-bond acceptors (Lipinski definition) is 0. The van der Waals surface area contributed by atoms with Crippen LogP contribution in [0, 0.1) is 5.92 Å². The molecule has 2 aromatic carbocycles. The monoisotopic (exact) mass is 258 g/mol. The van der Waals surface area contributed by atoms with Crippen molar-refractivity contribution in [3.63, 3.8) is 0 Å². The molecule has 0 heterocycles. The summed E-state index contributed by atoms with van der Waals surface area (Å²) in [5.41, 5.74) is 6.51. The Labute approximate surface area is 120 Å². The smallest absolute Gasteiger partial charge is 0.00296 e. The first kappa shape index (κ1) is 10.9. The van der Waals surface area contributed by atoms with Gasteiger partial charge in [0.2, 0.25) is 0 Å². The Bertz CT molecular complexity index is 695. The largest absolute Gasteiger partial charge is 0.0774 e. The fraction of sp³-hybridized carbons (Fsp3) is 0.300. The van der Waals surface area contributed by atoms with Gasteiger partial charge in [-0.2, -0.15) is 0 Å². The maximum Gasteiger partial charge on any atom is 0.00296 e. The fourth-order valence-electron chi connectivity index (χ4n) is 4.83. The second-order valence-corrected chi connectivity index (χ2v) is 6.57. The highest BCUT2D eigenvalue weighted by Crippen LogP contribution is 2.63. The number of hydrogen-bond donors (Lipinski definition) is 0. The summed E-state index contributed by atoms with van der Waals surface area (Å²) in [5, 5.41) is 0. The maximum absolute atomic E-state index is 2.59. The highest BCUT2D eigenvalue weighted by Gasteiger charge is 2.49. The van der Waals surface area contributed by atoms with Gasteiger partial charge in [-0.05, 0) is 47.3 Å². The van der Waals surface area contributed by atoms with Gasteiger partial charge in [0.1, 0.15) is 0 Å². The van der Waals surface area contributed by atoms with Gasteiger partial charge in [0, 0.05) is 5.92 Å². The maximum atomic E-state index is 2.59. The molecule has 0 N–H and O–H groups in total. The quantitative estimate of drug-likeness (QED) is 0.631. The second kappa shape index (κ2) is 3.85. The van der Waals surface area contributed by atoms with Crippen LogP contribution in [0.5, 0.6) is 0 Å². The number of fused-ring (bicyclic) bond motifs is 7.